The third-order valence-electron chi connectivity index (χ3n) is 2.92. The van der Waals surface area contributed by atoms with Crippen LogP contribution in [0.2, 0.25) is 0 Å². The van der Waals surface area contributed by atoms with Crippen LogP contribution in [0.1, 0.15) is 18.2 Å². The number of cyclic esters (lactones) is 1. The summed E-state index contributed by atoms with van der Waals surface area (Å²) in [6.07, 6.45) is 1.64. The molecule has 2 heterocycles. The smallest absolute Gasteiger partial charge is 0.363 e. The lowest BCUT2D eigenvalue weighted by molar-refractivity contribution is -0.130. The van der Waals surface area contributed by atoms with Gasteiger partial charge in [-0.05, 0) is 47.1 Å². The lowest BCUT2D eigenvalue weighted by Crippen LogP contribution is -2.04. The lowest BCUT2D eigenvalue weighted by atomic mass is 10.1. The average molecular weight is 362 g/mol. The number of halogens is 1. The molecule has 6 heteroatoms. The summed E-state index contributed by atoms with van der Waals surface area (Å²) >= 11 is 3.20. The number of furan rings is 1. The van der Waals surface area contributed by atoms with Crippen LogP contribution >= 0.6 is 15.9 Å². The highest BCUT2D eigenvalue weighted by Crippen LogP contribution is 2.25. The van der Waals surface area contributed by atoms with Gasteiger partial charge in [0.2, 0.25) is 0 Å². The number of ether oxygens (including phenoxy) is 2. The Labute approximate surface area is 135 Å². The first kappa shape index (κ1) is 14.6. The van der Waals surface area contributed by atoms with Gasteiger partial charge in [0.1, 0.15) is 5.75 Å². The van der Waals surface area contributed by atoms with Crippen LogP contribution in [0.25, 0.3) is 6.08 Å². The number of hydrogen-bond donors (Lipinski definition) is 0. The number of aliphatic imine (C=N–C) groups is 1. The first-order valence-electron chi connectivity index (χ1n) is 6.67. The van der Waals surface area contributed by atoms with Gasteiger partial charge < -0.3 is 13.9 Å². The minimum Gasteiger partial charge on any atom is -0.493 e. The molecule has 0 saturated carbocycles. The van der Waals surface area contributed by atoms with E-state index in [2.05, 4.69) is 20.9 Å². The standard InChI is InChI=1S/C16H12BrNO4/c1-2-20-12-6-4-3-5-10(12)9-11-16(19)22-15(18-11)13-7-8-14(17)21-13/h3-9H,2H2,1H3/b11-9-. The molecule has 3 rings (SSSR count). The molecule has 2 aromatic rings. The van der Waals surface area contributed by atoms with Crippen LogP contribution in [0.4, 0.5) is 0 Å². The molecule has 1 aliphatic heterocycles. The van der Waals surface area contributed by atoms with Crippen molar-refractivity contribution in [3.8, 4) is 5.75 Å². The Bertz CT molecular complexity index is 776. The molecule has 0 spiro atoms. The summed E-state index contributed by atoms with van der Waals surface area (Å²) in [6.45, 7) is 2.44. The quantitative estimate of drug-likeness (QED) is 0.613. The molecule has 5 nitrogen and oxygen atoms in total. The van der Waals surface area contributed by atoms with Gasteiger partial charge in [-0.3, -0.25) is 0 Å². The maximum atomic E-state index is 11.9. The summed E-state index contributed by atoms with van der Waals surface area (Å²) in [5, 5.41) is 0. The van der Waals surface area contributed by atoms with Gasteiger partial charge in [-0.25, -0.2) is 9.79 Å². The van der Waals surface area contributed by atoms with E-state index in [1.54, 1.807) is 18.2 Å². The minimum atomic E-state index is -0.520. The molecule has 112 valence electrons. The molecular weight excluding hydrogens is 350 g/mol. The summed E-state index contributed by atoms with van der Waals surface area (Å²) in [4.78, 5) is 16.1. The van der Waals surface area contributed by atoms with Crippen molar-refractivity contribution < 1.29 is 18.7 Å². The molecule has 0 aliphatic carbocycles. The highest BCUT2D eigenvalue weighted by molar-refractivity contribution is 9.10. The Kier molecular flexibility index (Phi) is 4.11. The predicted molar refractivity (Wildman–Crippen MR) is 84.6 cm³/mol. The largest absolute Gasteiger partial charge is 0.493 e. The fourth-order valence-electron chi connectivity index (χ4n) is 1.98. The molecule has 0 unspecified atom stereocenters. The van der Waals surface area contributed by atoms with Gasteiger partial charge >= 0.3 is 5.97 Å². The number of rotatable bonds is 4. The number of hydrogen-bond acceptors (Lipinski definition) is 5. The Balaban J connectivity index is 1.94. The summed E-state index contributed by atoms with van der Waals surface area (Å²) in [5.74, 6) is 0.709. The van der Waals surface area contributed by atoms with Crippen molar-refractivity contribution >= 4 is 33.9 Å². The lowest BCUT2D eigenvalue weighted by Gasteiger charge is -2.06. The van der Waals surface area contributed by atoms with Crippen LogP contribution in [0.3, 0.4) is 0 Å². The Morgan fingerprint density at radius 2 is 2.09 bits per heavy atom. The van der Waals surface area contributed by atoms with Gasteiger partial charge in [-0.2, -0.15) is 0 Å². The first-order valence-corrected chi connectivity index (χ1v) is 7.47. The molecule has 22 heavy (non-hydrogen) atoms. The second-order valence-corrected chi connectivity index (χ2v) is 5.19. The molecule has 0 N–H and O–H groups in total. The van der Waals surface area contributed by atoms with E-state index >= 15 is 0 Å². The van der Waals surface area contributed by atoms with E-state index in [0.717, 1.165) is 5.56 Å². The van der Waals surface area contributed by atoms with E-state index in [0.29, 0.717) is 22.8 Å². The van der Waals surface area contributed by atoms with Gasteiger partial charge in [0.25, 0.3) is 5.90 Å². The van der Waals surface area contributed by atoms with E-state index in [4.69, 9.17) is 13.9 Å². The van der Waals surface area contributed by atoms with Crippen molar-refractivity contribution in [2.24, 2.45) is 4.99 Å². The van der Waals surface area contributed by atoms with Crippen molar-refractivity contribution in [2.75, 3.05) is 6.61 Å². The Morgan fingerprint density at radius 3 is 2.82 bits per heavy atom. The molecule has 0 saturated heterocycles. The van der Waals surface area contributed by atoms with E-state index in [9.17, 15) is 4.79 Å². The van der Waals surface area contributed by atoms with Crippen molar-refractivity contribution in [2.45, 2.75) is 6.92 Å². The van der Waals surface area contributed by atoms with Crippen LogP contribution in [-0.4, -0.2) is 18.5 Å². The van der Waals surface area contributed by atoms with Crippen molar-refractivity contribution in [1.29, 1.82) is 0 Å². The summed E-state index contributed by atoms with van der Waals surface area (Å²) in [5.41, 5.74) is 0.969. The van der Waals surface area contributed by atoms with E-state index in [1.807, 2.05) is 31.2 Å². The molecule has 1 aliphatic rings. The highest BCUT2D eigenvalue weighted by atomic mass is 79.9. The van der Waals surface area contributed by atoms with Crippen LogP contribution in [-0.2, 0) is 9.53 Å². The van der Waals surface area contributed by atoms with Crippen LogP contribution < -0.4 is 4.74 Å². The third-order valence-corrected chi connectivity index (χ3v) is 3.34. The molecule has 0 bridgehead atoms. The molecule has 1 aromatic heterocycles. The van der Waals surface area contributed by atoms with E-state index in [1.165, 1.54) is 0 Å². The first-order chi connectivity index (χ1) is 10.7. The number of benzene rings is 1. The average Bonchev–Trinajstić information content (AvgIpc) is 3.08. The maximum Gasteiger partial charge on any atom is 0.363 e. The van der Waals surface area contributed by atoms with Crippen molar-refractivity contribution in [3.05, 3.63) is 58.1 Å². The van der Waals surface area contributed by atoms with Crippen LogP contribution in [0, 0.1) is 0 Å². The second-order valence-electron chi connectivity index (χ2n) is 4.41. The zero-order valence-electron chi connectivity index (χ0n) is 11.7. The van der Waals surface area contributed by atoms with Crippen molar-refractivity contribution in [1.82, 2.24) is 0 Å². The summed E-state index contributed by atoms with van der Waals surface area (Å²) in [6, 6.07) is 10.8. The zero-order valence-corrected chi connectivity index (χ0v) is 13.3. The number of para-hydroxylation sites is 1. The van der Waals surface area contributed by atoms with E-state index < -0.39 is 5.97 Å². The van der Waals surface area contributed by atoms with Gasteiger partial charge in [0, 0.05) is 5.56 Å². The van der Waals surface area contributed by atoms with E-state index in [-0.39, 0.29) is 11.6 Å². The number of nitrogens with zero attached hydrogens (tertiary/aromatic N) is 1. The fourth-order valence-corrected chi connectivity index (χ4v) is 2.28. The molecule has 0 atom stereocenters. The SMILES string of the molecule is CCOc1ccccc1/C=C1\N=C(c2ccc(Br)o2)OC1=O. The summed E-state index contributed by atoms with van der Waals surface area (Å²) in [7, 11) is 0. The number of esters is 1. The summed E-state index contributed by atoms with van der Waals surface area (Å²) < 4.78 is 16.5. The van der Waals surface area contributed by atoms with Crippen LogP contribution in [0.5, 0.6) is 5.75 Å². The third kappa shape index (κ3) is 2.96. The van der Waals surface area contributed by atoms with Gasteiger partial charge in [0.05, 0.1) is 6.61 Å². The Morgan fingerprint density at radius 1 is 1.27 bits per heavy atom. The highest BCUT2D eigenvalue weighted by Gasteiger charge is 2.26. The maximum absolute atomic E-state index is 11.9. The topological polar surface area (TPSA) is 61.0 Å². The minimum absolute atomic E-state index is 0.149. The molecule has 1 aromatic carbocycles. The molecule has 0 fully saturated rings. The number of carbonyl (C=O) groups is 1. The second kappa shape index (κ2) is 6.19. The monoisotopic (exact) mass is 361 g/mol. The number of carbonyl (C=O) groups excluding carboxylic acids is 1. The van der Waals surface area contributed by atoms with Crippen molar-refractivity contribution in [3.63, 3.8) is 0 Å². The molecule has 0 amide bonds. The fraction of sp³-hybridized carbons (Fsp3) is 0.125. The molecular formula is C16H12BrNO4. The normalized spacial score (nSPS) is 15.8. The van der Waals surface area contributed by atoms with Gasteiger partial charge in [-0.1, -0.05) is 18.2 Å². The van der Waals surface area contributed by atoms with Crippen LogP contribution in [0.15, 0.2) is 56.2 Å². The Hall–Kier alpha value is -2.34. The zero-order chi connectivity index (χ0) is 15.5. The van der Waals surface area contributed by atoms with Gasteiger partial charge in [0.15, 0.2) is 16.1 Å². The predicted octanol–water partition coefficient (Wildman–Crippen LogP) is 3.79. The molecule has 0 radical (unpaired) electrons. The van der Waals surface area contributed by atoms with Gasteiger partial charge in [-0.15, -0.1) is 0 Å².